The zero-order valence-electron chi connectivity index (χ0n) is 16.1. The highest BCUT2D eigenvalue weighted by atomic mass is 32.2. The molecule has 0 aliphatic carbocycles. The summed E-state index contributed by atoms with van der Waals surface area (Å²) in [6.07, 6.45) is 0. The molecule has 2 aromatic carbocycles. The Morgan fingerprint density at radius 1 is 1.21 bits per heavy atom. The molecule has 1 unspecified atom stereocenters. The van der Waals surface area contributed by atoms with E-state index in [4.69, 9.17) is 4.74 Å². The molecule has 1 N–H and O–H groups in total. The first-order valence-corrected chi connectivity index (χ1v) is 9.97. The largest absolute Gasteiger partial charge is 0.492 e. The van der Waals surface area contributed by atoms with Crippen molar-refractivity contribution in [1.82, 2.24) is 25.5 Å². The van der Waals surface area contributed by atoms with Crippen molar-refractivity contribution in [2.24, 2.45) is 0 Å². The van der Waals surface area contributed by atoms with Crippen molar-refractivity contribution < 1.29 is 9.53 Å². The SMILES string of the molecule is CCOc1ccccc1-n1nnnc1SC(C)C(=O)NCc1ccc(C)cc1. The summed E-state index contributed by atoms with van der Waals surface area (Å²) in [5.74, 6) is 0.619. The molecule has 1 heterocycles. The van der Waals surface area contributed by atoms with Crippen LogP contribution in [-0.4, -0.2) is 38.0 Å². The van der Waals surface area contributed by atoms with Gasteiger partial charge in [-0.2, -0.15) is 4.68 Å². The summed E-state index contributed by atoms with van der Waals surface area (Å²) in [7, 11) is 0. The van der Waals surface area contributed by atoms with E-state index in [0.717, 1.165) is 11.3 Å². The average Bonchev–Trinajstić information content (AvgIpc) is 3.16. The Kier molecular flexibility index (Phi) is 6.65. The number of carbonyl (C=O) groups is 1. The molecule has 0 radical (unpaired) electrons. The summed E-state index contributed by atoms with van der Waals surface area (Å²) < 4.78 is 7.26. The number of rotatable bonds is 8. The van der Waals surface area contributed by atoms with Crippen LogP contribution in [0.1, 0.15) is 25.0 Å². The number of amides is 1. The number of nitrogens with one attached hydrogen (secondary N) is 1. The third kappa shape index (κ3) is 4.89. The summed E-state index contributed by atoms with van der Waals surface area (Å²) in [5, 5.41) is 15.0. The first-order valence-electron chi connectivity index (χ1n) is 9.09. The Hall–Kier alpha value is -2.87. The molecule has 1 amide bonds. The van der Waals surface area contributed by atoms with Gasteiger partial charge >= 0.3 is 0 Å². The minimum absolute atomic E-state index is 0.0711. The Balaban J connectivity index is 1.66. The van der Waals surface area contributed by atoms with Crippen LogP contribution in [0, 0.1) is 6.92 Å². The van der Waals surface area contributed by atoms with Crippen molar-refractivity contribution in [3.8, 4) is 11.4 Å². The van der Waals surface area contributed by atoms with Crippen LogP contribution < -0.4 is 10.1 Å². The van der Waals surface area contributed by atoms with Crippen LogP contribution in [0.25, 0.3) is 5.69 Å². The van der Waals surface area contributed by atoms with Crippen LogP contribution >= 0.6 is 11.8 Å². The monoisotopic (exact) mass is 397 g/mol. The molecule has 0 aliphatic heterocycles. The van der Waals surface area contributed by atoms with Gasteiger partial charge in [-0.05, 0) is 48.9 Å². The van der Waals surface area contributed by atoms with E-state index in [2.05, 4.69) is 20.8 Å². The van der Waals surface area contributed by atoms with Crippen LogP contribution in [0.4, 0.5) is 0 Å². The predicted octanol–water partition coefficient (Wildman–Crippen LogP) is 3.17. The molecule has 7 nitrogen and oxygen atoms in total. The van der Waals surface area contributed by atoms with Gasteiger partial charge in [0.2, 0.25) is 11.1 Å². The smallest absolute Gasteiger partial charge is 0.233 e. The first-order chi connectivity index (χ1) is 13.6. The van der Waals surface area contributed by atoms with Gasteiger partial charge in [-0.25, -0.2) is 0 Å². The van der Waals surface area contributed by atoms with E-state index in [1.54, 1.807) is 4.68 Å². The summed E-state index contributed by atoms with van der Waals surface area (Å²) in [6, 6.07) is 15.6. The van der Waals surface area contributed by atoms with E-state index in [-0.39, 0.29) is 11.2 Å². The van der Waals surface area contributed by atoms with Gasteiger partial charge in [0.15, 0.2) is 0 Å². The van der Waals surface area contributed by atoms with Crippen LogP contribution in [0.3, 0.4) is 0 Å². The van der Waals surface area contributed by atoms with Crippen LogP contribution in [0.5, 0.6) is 5.75 Å². The van der Waals surface area contributed by atoms with Gasteiger partial charge < -0.3 is 10.1 Å². The number of para-hydroxylation sites is 2. The Morgan fingerprint density at radius 2 is 1.96 bits per heavy atom. The van der Waals surface area contributed by atoms with Crippen molar-refractivity contribution in [3.05, 3.63) is 59.7 Å². The average molecular weight is 398 g/mol. The summed E-state index contributed by atoms with van der Waals surface area (Å²) in [5.41, 5.74) is 2.99. The fraction of sp³-hybridized carbons (Fsp3) is 0.300. The Bertz CT molecular complexity index is 926. The van der Waals surface area contributed by atoms with E-state index >= 15 is 0 Å². The number of nitrogens with zero attached hydrogens (tertiary/aromatic N) is 4. The summed E-state index contributed by atoms with van der Waals surface area (Å²) >= 11 is 1.30. The van der Waals surface area contributed by atoms with E-state index in [0.29, 0.717) is 24.1 Å². The minimum Gasteiger partial charge on any atom is -0.492 e. The van der Waals surface area contributed by atoms with E-state index in [1.807, 2.05) is 69.3 Å². The number of benzene rings is 2. The quantitative estimate of drug-likeness (QED) is 0.588. The normalized spacial score (nSPS) is 11.8. The zero-order valence-corrected chi connectivity index (χ0v) is 16.9. The van der Waals surface area contributed by atoms with Crippen molar-refractivity contribution in [3.63, 3.8) is 0 Å². The molecule has 8 heteroatoms. The molecular formula is C20H23N5O2S. The fourth-order valence-corrected chi connectivity index (χ4v) is 3.39. The molecule has 1 atom stereocenters. The molecule has 1 aromatic heterocycles. The fourth-order valence-electron chi connectivity index (χ4n) is 2.56. The first kappa shape index (κ1) is 19.9. The van der Waals surface area contributed by atoms with Crippen LogP contribution in [0.15, 0.2) is 53.7 Å². The number of ether oxygens (including phenoxy) is 1. The van der Waals surface area contributed by atoms with Crippen molar-refractivity contribution in [2.45, 2.75) is 37.7 Å². The van der Waals surface area contributed by atoms with Gasteiger partial charge in [-0.3, -0.25) is 4.79 Å². The number of thioether (sulfide) groups is 1. The highest BCUT2D eigenvalue weighted by Gasteiger charge is 2.20. The van der Waals surface area contributed by atoms with Gasteiger partial charge in [0.05, 0.1) is 11.9 Å². The lowest BCUT2D eigenvalue weighted by Gasteiger charge is -2.13. The molecule has 0 aliphatic rings. The molecule has 146 valence electrons. The molecule has 28 heavy (non-hydrogen) atoms. The Labute approximate surface area is 168 Å². The molecule has 3 rings (SSSR count). The van der Waals surface area contributed by atoms with Gasteiger partial charge in [-0.15, -0.1) is 5.10 Å². The second-order valence-corrected chi connectivity index (χ2v) is 7.55. The topological polar surface area (TPSA) is 81.9 Å². The van der Waals surface area contributed by atoms with Crippen LogP contribution in [-0.2, 0) is 11.3 Å². The maximum Gasteiger partial charge on any atom is 0.233 e. The van der Waals surface area contributed by atoms with Gasteiger partial charge in [-0.1, -0.05) is 53.7 Å². The number of hydrogen-bond donors (Lipinski definition) is 1. The third-order valence-corrected chi connectivity index (χ3v) is 5.11. The second-order valence-electron chi connectivity index (χ2n) is 6.24. The van der Waals surface area contributed by atoms with Crippen molar-refractivity contribution >= 4 is 17.7 Å². The van der Waals surface area contributed by atoms with E-state index < -0.39 is 0 Å². The van der Waals surface area contributed by atoms with E-state index in [9.17, 15) is 4.79 Å². The van der Waals surface area contributed by atoms with Gasteiger partial charge in [0, 0.05) is 6.54 Å². The van der Waals surface area contributed by atoms with Gasteiger partial charge in [0.25, 0.3) is 0 Å². The number of aryl methyl sites for hydroxylation is 1. The van der Waals surface area contributed by atoms with Crippen molar-refractivity contribution in [1.29, 1.82) is 0 Å². The highest BCUT2D eigenvalue weighted by Crippen LogP contribution is 2.28. The number of hydrogen-bond acceptors (Lipinski definition) is 6. The maximum absolute atomic E-state index is 12.5. The number of aromatic nitrogens is 4. The molecule has 0 bridgehead atoms. The lowest BCUT2D eigenvalue weighted by Crippen LogP contribution is -2.30. The molecule has 0 fully saturated rings. The lowest BCUT2D eigenvalue weighted by molar-refractivity contribution is -0.120. The number of tetrazole rings is 1. The van der Waals surface area contributed by atoms with Crippen molar-refractivity contribution in [2.75, 3.05) is 6.61 Å². The molecule has 0 saturated carbocycles. The molecule has 0 spiro atoms. The number of carbonyl (C=O) groups excluding carboxylic acids is 1. The predicted molar refractivity (Wildman–Crippen MR) is 109 cm³/mol. The molecular weight excluding hydrogens is 374 g/mol. The zero-order chi connectivity index (χ0) is 19.9. The standard InChI is InChI=1S/C20H23N5O2S/c1-4-27-18-8-6-5-7-17(18)25-20(22-23-24-25)28-15(3)19(26)21-13-16-11-9-14(2)10-12-16/h5-12,15H,4,13H2,1-3H3,(H,21,26). The maximum atomic E-state index is 12.5. The highest BCUT2D eigenvalue weighted by molar-refractivity contribution is 8.00. The summed E-state index contributed by atoms with van der Waals surface area (Å²) in [6.45, 7) is 6.83. The lowest BCUT2D eigenvalue weighted by atomic mass is 10.1. The summed E-state index contributed by atoms with van der Waals surface area (Å²) in [4.78, 5) is 12.5. The molecule has 0 saturated heterocycles. The van der Waals surface area contributed by atoms with E-state index in [1.165, 1.54) is 17.3 Å². The van der Waals surface area contributed by atoms with Crippen LogP contribution in [0.2, 0.25) is 0 Å². The third-order valence-electron chi connectivity index (χ3n) is 4.07. The molecule has 3 aromatic rings. The minimum atomic E-state index is -0.352. The second kappa shape index (κ2) is 9.36. The Morgan fingerprint density at radius 3 is 2.71 bits per heavy atom. The van der Waals surface area contributed by atoms with Gasteiger partial charge in [0.1, 0.15) is 11.4 Å².